The molecule has 0 saturated carbocycles. The van der Waals surface area contributed by atoms with E-state index >= 15 is 0 Å². The van der Waals surface area contributed by atoms with Crippen molar-refractivity contribution in [3.63, 3.8) is 0 Å². The van der Waals surface area contributed by atoms with Gasteiger partial charge in [-0.05, 0) is 34.5 Å². The topological polar surface area (TPSA) is 69.2 Å². The maximum Gasteiger partial charge on any atom is 0.270 e. The fourth-order valence-corrected chi connectivity index (χ4v) is 1.52. The number of benzene rings is 1. The van der Waals surface area contributed by atoms with E-state index < -0.39 is 4.92 Å². The Labute approximate surface area is 96.1 Å². The SMILES string of the molecule is CC(N)/C=C/c1ccc([N+](=O)[O-])cc1Br. The van der Waals surface area contributed by atoms with Crippen LogP contribution in [0.1, 0.15) is 12.5 Å². The van der Waals surface area contributed by atoms with Gasteiger partial charge in [0.25, 0.3) is 5.69 Å². The first-order valence-corrected chi connectivity index (χ1v) is 5.17. The molecule has 0 heterocycles. The molecule has 4 nitrogen and oxygen atoms in total. The lowest BCUT2D eigenvalue weighted by Gasteiger charge is -1.99. The van der Waals surface area contributed by atoms with Gasteiger partial charge >= 0.3 is 0 Å². The third-order valence-electron chi connectivity index (χ3n) is 1.77. The van der Waals surface area contributed by atoms with Gasteiger partial charge in [-0.15, -0.1) is 0 Å². The highest BCUT2D eigenvalue weighted by Crippen LogP contribution is 2.23. The molecule has 2 N–H and O–H groups in total. The van der Waals surface area contributed by atoms with Gasteiger partial charge in [0.05, 0.1) is 4.92 Å². The largest absolute Gasteiger partial charge is 0.325 e. The molecule has 1 rings (SSSR count). The molecule has 0 aliphatic heterocycles. The molecule has 0 aliphatic carbocycles. The molecule has 15 heavy (non-hydrogen) atoms. The number of hydrogen-bond donors (Lipinski definition) is 1. The number of nitro benzene ring substituents is 1. The summed E-state index contributed by atoms with van der Waals surface area (Å²) in [6.45, 7) is 1.86. The van der Waals surface area contributed by atoms with Crippen molar-refractivity contribution in [1.82, 2.24) is 0 Å². The van der Waals surface area contributed by atoms with Crippen LogP contribution in [0.4, 0.5) is 5.69 Å². The van der Waals surface area contributed by atoms with E-state index in [2.05, 4.69) is 15.9 Å². The van der Waals surface area contributed by atoms with Crippen LogP contribution in [0.2, 0.25) is 0 Å². The first kappa shape index (κ1) is 11.9. The van der Waals surface area contributed by atoms with Gasteiger partial charge in [-0.1, -0.05) is 12.2 Å². The number of hydrogen-bond acceptors (Lipinski definition) is 3. The summed E-state index contributed by atoms with van der Waals surface area (Å²) in [5.41, 5.74) is 6.50. The molecule has 1 atom stereocenters. The van der Waals surface area contributed by atoms with Crippen LogP contribution in [0.5, 0.6) is 0 Å². The quantitative estimate of drug-likeness (QED) is 0.678. The summed E-state index contributed by atoms with van der Waals surface area (Å²) in [7, 11) is 0. The molecule has 0 aliphatic rings. The number of nitrogens with zero attached hydrogens (tertiary/aromatic N) is 1. The Kier molecular flexibility index (Phi) is 3.99. The summed E-state index contributed by atoms with van der Waals surface area (Å²) >= 11 is 3.27. The number of nitrogens with two attached hydrogens (primary N) is 1. The maximum atomic E-state index is 10.5. The Hall–Kier alpha value is -1.20. The summed E-state index contributed by atoms with van der Waals surface area (Å²) in [5.74, 6) is 0. The monoisotopic (exact) mass is 270 g/mol. The van der Waals surface area contributed by atoms with Crippen LogP contribution in [-0.2, 0) is 0 Å². The van der Waals surface area contributed by atoms with Crippen molar-refractivity contribution in [2.45, 2.75) is 13.0 Å². The number of nitro groups is 1. The van der Waals surface area contributed by atoms with Gasteiger partial charge in [0.1, 0.15) is 0 Å². The van der Waals surface area contributed by atoms with Gasteiger partial charge in [0, 0.05) is 22.6 Å². The van der Waals surface area contributed by atoms with Crippen molar-refractivity contribution in [1.29, 1.82) is 0 Å². The summed E-state index contributed by atoms with van der Waals surface area (Å²) in [4.78, 5) is 10.1. The Morgan fingerprint density at radius 2 is 2.27 bits per heavy atom. The van der Waals surface area contributed by atoms with Crippen molar-refractivity contribution in [2.75, 3.05) is 0 Å². The lowest BCUT2D eigenvalue weighted by Crippen LogP contribution is -2.09. The highest BCUT2D eigenvalue weighted by Gasteiger charge is 2.07. The summed E-state index contributed by atoms with van der Waals surface area (Å²) < 4.78 is 0.689. The number of halogens is 1. The molecule has 0 radical (unpaired) electrons. The molecule has 1 aromatic rings. The zero-order valence-electron chi connectivity index (χ0n) is 8.18. The van der Waals surface area contributed by atoms with E-state index in [9.17, 15) is 10.1 Å². The molecule has 1 unspecified atom stereocenters. The van der Waals surface area contributed by atoms with Crippen LogP contribution in [0.25, 0.3) is 6.08 Å². The smallest absolute Gasteiger partial charge is 0.270 e. The molecule has 0 amide bonds. The molecular formula is C10H11BrN2O2. The Morgan fingerprint density at radius 1 is 1.60 bits per heavy atom. The average Bonchev–Trinajstić information content (AvgIpc) is 2.15. The third-order valence-corrected chi connectivity index (χ3v) is 2.46. The minimum atomic E-state index is -0.427. The number of non-ortho nitro benzene ring substituents is 1. The van der Waals surface area contributed by atoms with Gasteiger partial charge in [-0.3, -0.25) is 10.1 Å². The normalized spacial score (nSPS) is 13.0. The van der Waals surface area contributed by atoms with Gasteiger partial charge in [-0.25, -0.2) is 0 Å². The lowest BCUT2D eigenvalue weighted by molar-refractivity contribution is -0.384. The second-order valence-electron chi connectivity index (χ2n) is 3.18. The predicted molar refractivity (Wildman–Crippen MR) is 63.5 cm³/mol. The van der Waals surface area contributed by atoms with Crippen molar-refractivity contribution < 1.29 is 4.92 Å². The second-order valence-corrected chi connectivity index (χ2v) is 4.04. The summed E-state index contributed by atoms with van der Waals surface area (Å²) in [6, 6.07) is 4.58. The molecule has 0 saturated heterocycles. The van der Waals surface area contributed by atoms with Crippen LogP contribution >= 0.6 is 15.9 Å². The van der Waals surface area contributed by atoms with E-state index in [0.29, 0.717) is 4.47 Å². The zero-order chi connectivity index (χ0) is 11.4. The van der Waals surface area contributed by atoms with Crippen LogP contribution < -0.4 is 5.73 Å². The van der Waals surface area contributed by atoms with Gasteiger partial charge in [0.15, 0.2) is 0 Å². The maximum absolute atomic E-state index is 10.5. The Balaban J connectivity index is 2.98. The highest BCUT2D eigenvalue weighted by molar-refractivity contribution is 9.10. The van der Waals surface area contributed by atoms with Crippen molar-refractivity contribution >= 4 is 27.7 Å². The first-order chi connectivity index (χ1) is 7.00. The molecule has 0 bridgehead atoms. The molecule has 0 aromatic heterocycles. The van der Waals surface area contributed by atoms with Gasteiger partial charge in [-0.2, -0.15) is 0 Å². The van der Waals surface area contributed by atoms with E-state index in [1.165, 1.54) is 12.1 Å². The van der Waals surface area contributed by atoms with Gasteiger partial charge in [0.2, 0.25) is 0 Å². The highest BCUT2D eigenvalue weighted by atomic mass is 79.9. The molecule has 1 aromatic carbocycles. The van der Waals surface area contributed by atoms with Gasteiger partial charge < -0.3 is 5.73 Å². The third kappa shape index (κ3) is 3.45. The molecule has 5 heteroatoms. The average molecular weight is 271 g/mol. The van der Waals surface area contributed by atoms with Crippen LogP contribution in [0, 0.1) is 10.1 Å². The minimum Gasteiger partial charge on any atom is -0.325 e. The van der Waals surface area contributed by atoms with Crippen molar-refractivity contribution in [3.8, 4) is 0 Å². The molecule has 0 fully saturated rings. The Morgan fingerprint density at radius 3 is 2.73 bits per heavy atom. The Bertz CT molecular complexity index is 402. The number of rotatable bonds is 3. The van der Waals surface area contributed by atoms with Crippen LogP contribution in [0.15, 0.2) is 28.7 Å². The van der Waals surface area contributed by atoms with Crippen molar-refractivity contribution in [2.24, 2.45) is 5.73 Å². The van der Waals surface area contributed by atoms with Crippen LogP contribution in [0.3, 0.4) is 0 Å². The fourth-order valence-electron chi connectivity index (χ4n) is 1.02. The second kappa shape index (κ2) is 5.04. The molecule has 0 spiro atoms. The lowest BCUT2D eigenvalue weighted by atomic mass is 10.1. The van der Waals surface area contributed by atoms with Crippen molar-refractivity contribution in [3.05, 3.63) is 44.4 Å². The van der Waals surface area contributed by atoms with E-state index in [-0.39, 0.29) is 11.7 Å². The zero-order valence-corrected chi connectivity index (χ0v) is 9.77. The van der Waals surface area contributed by atoms with E-state index in [1.807, 2.05) is 19.1 Å². The van der Waals surface area contributed by atoms with Crippen LogP contribution in [-0.4, -0.2) is 11.0 Å². The predicted octanol–water partition coefficient (Wildman–Crippen LogP) is 2.72. The molecular weight excluding hydrogens is 260 g/mol. The first-order valence-electron chi connectivity index (χ1n) is 4.38. The summed E-state index contributed by atoms with van der Waals surface area (Å²) in [6.07, 6.45) is 3.66. The minimum absolute atomic E-state index is 0.0351. The van der Waals surface area contributed by atoms with E-state index in [0.717, 1.165) is 5.56 Å². The van der Waals surface area contributed by atoms with E-state index in [1.54, 1.807) is 6.07 Å². The van der Waals surface area contributed by atoms with E-state index in [4.69, 9.17) is 5.73 Å². The summed E-state index contributed by atoms with van der Waals surface area (Å²) in [5, 5.41) is 10.5. The standard InChI is InChI=1S/C10H11BrN2O2/c1-7(12)2-3-8-4-5-9(13(14)15)6-10(8)11/h2-7H,12H2,1H3/b3-2+. The fraction of sp³-hybridized carbons (Fsp3) is 0.200. The molecule has 80 valence electrons.